The summed E-state index contributed by atoms with van der Waals surface area (Å²) >= 11 is 3.34. The van der Waals surface area contributed by atoms with Gasteiger partial charge in [0.15, 0.2) is 0 Å². The first-order valence-electron chi connectivity index (χ1n) is 8.59. The van der Waals surface area contributed by atoms with Gasteiger partial charge in [-0.3, -0.25) is 9.59 Å². The van der Waals surface area contributed by atoms with Crippen LogP contribution in [-0.2, 0) is 11.3 Å². The van der Waals surface area contributed by atoms with E-state index in [0.717, 1.165) is 35.4 Å². The lowest BCUT2D eigenvalue weighted by atomic mass is 10.2. The average Bonchev–Trinajstić information content (AvgIpc) is 2.91. The molecule has 0 radical (unpaired) electrons. The van der Waals surface area contributed by atoms with Crippen molar-refractivity contribution < 1.29 is 9.53 Å². The number of hydrogen-bond donors (Lipinski definition) is 0. The van der Waals surface area contributed by atoms with Crippen LogP contribution in [0.2, 0.25) is 0 Å². The van der Waals surface area contributed by atoms with Crippen molar-refractivity contribution in [3.05, 3.63) is 57.4 Å². The topological polar surface area (TPSA) is 54.8 Å². The molecule has 2 heterocycles. The van der Waals surface area contributed by atoms with Gasteiger partial charge in [0.1, 0.15) is 12.3 Å². The van der Waals surface area contributed by atoms with Gasteiger partial charge in [-0.05, 0) is 52.7 Å². The molecule has 0 bridgehead atoms. The summed E-state index contributed by atoms with van der Waals surface area (Å²) in [6.07, 6.45) is 2.55. The Morgan fingerprint density at radius 3 is 2.58 bits per heavy atom. The Hall–Kier alpha value is -2.28. The molecular weight excluding hydrogens is 398 g/mol. The molecular formula is C19H22BrN3O3. The van der Waals surface area contributed by atoms with Gasteiger partial charge in [0.05, 0.1) is 7.11 Å². The van der Waals surface area contributed by atoms with E-state index in [0.29, 0.717) is 13.1 Å². The van der Waals surface area contributed by atoms with Crippen molar-refractivity contribution in [2.45, 2.75) is 13.0 Å². The summed E-state index contributed by atoms with van der Waals surface area (Å²) in [5.41, 5.74) is 0.958. The Labute approximate surface area is 161 Å². The van der Waals surface area contributed by atoms with E-state index in [-0.39, 0.29) is 18.0 Å². The van der Waals surface area contributed by atoms with E-state index in [1.54, 1.807) is 19.4 Å². The summed E-state index contributed by atoms with van der Waals surface area (Å²) in [7, 11) is 1.65. The van der Waals surface area contributed by atoms with E-state index < -0.39 is 0 Å². The summed E-state index contributed by atoms with van der Waals surface area (Å²) in [6, 6.07) is 11.1. The molecule has 0 unspecified atom stereocenters. The zero-order valence-electron chi connectivity index (χ0n) is 14.7. The first kappa shape index (κ1) is 18.5. The molecule has 1 aromatic heterocycles. The zero-order valence-corrected chi connectivity index (χ0v) is 16.3. The van der Waals surface area contributed by atoms with E-state index in [1.165, 1.54) is 10.6 Å². The van der Waals surface area contributed by atoms with Gasteiger partial charge in [-0.1, -0.05) is 0 Å². The van der Waals surface area contributed by atoms with Crippen molar-refractivity contribution >= 4 is 27.5 Å². The predicted octanol–water partition coefficient (Wildman–Crippen LogP) is 2.36. The lowest BCUT2D eigenvalue weighted by Gasteiger charge is -2.24. The van der Waals surface area contributed by atoms with Crippen LogP contribution in [0, 0.1) is 0 Å². The first-order chi connectivity index (χ1) is 12.6. The number of benzene rings is 1. The minimum absolute atomic E-state index is 0.0261. The number of hydrogen-bond acceptors (Lipinski definition) is 4. The van der Waals surface area contributed by atoms with Crippen LogP contribution in [0.25, 0.3) is 0 Å². The van der Waals surface area contributed by atoms with E-state index in [9.17, 15) is 9.59 Å². The normalized spacial score (nSPS) is 14.8. The number of amides is 1. The standard InChI is InChI=1S/C19H22BrN3O3/c1-26-17-6-4-16(5-7-17)21-9-2-10-22(12-11-21)19(25)14-23-13-15(20)3-8-18(23)24/h3-8,13H,2,9-12,14H2,1H3. The third kappa shape index (κ3) is 4.46. The highest BCUT2D eigenvalue weighted by Gasteiger charge is 2.20. The number of rotatable bonds is 4. The molecule has 0 N–H and O–H groups in total. The molecule has 138 valence electrons. The molecule has 0 spiro atoms. The fourth-order valence-electron chi connectivity index (χ4n) is 3.09. The molecule has 2 aromatic rings. The van der Waals surface area contributed by atoms with E-state index in [4.69, 9.17) is 4.74 Å². The van der Waals surface area contributed by atoms with Crippen LogP contribution >= 0.6 is 15.9 Å². The maximum atomic E-state index is 12.6. The molecule has 1 fully saturated rings. The quantitative estimate of drug-likeness (QED) is 0.762. The molecule has 3 rings (SSSR count). The minimum Gasteiger partial charge on any atom is -0.497 e. The van der Waals surface area contributed by atoms with Gasteiger partial charge in [-0.2, -0.15) is 0 Å². The fourth-order valence-corrected chi connectivity index (χ4v) is 3.47. The van der Waals surface area contributed by atoms with Gasteiger partial charge in [0.2, 0.25) is 5.91 Å². The van der Waals surface area contributed by atoms with Crippen molar-refractivity contribution in [2.24, 2.45) is 0 Å². The third-order valence-corrected chi connectivity index (χ3v) is 5.01. The number of pyridine rings is 1. The molecule has 6 nitrogen and oxygen atoms in total. The second-order valence-electron chi connectivity index (χ2n) is 6.23. The van der Waals surface area contributed by atoms with Gasteiger partial charge in [0.25, 0.3) is 5.56 Å². The summed E-state index contributed by atoms with van der Waals surface area (Å²) < 4.78 is 7.43. The highest BCUT2D eigenvalue weighted by atomic mass is 79.9. The van der Waals surface area contributed by atoms with Gasteiger partial charge < -0.3 is 19.1 Å². The Bertz CT molecular complexity index is 820. The largest absolute Gasteiger partial charge is 0.497 e. The molecule has 1 aliphatic heterocycles. The summed E-state index contributed by atoms with van der Waals surface area (Å²) in [4.78, 5) is 28.6. The number of nitrogens with zero attached hydrogens (tertiary/aromatic N) is 3. The summed E-state index contributed by atoms with van der Waals surface area (Å²) in [5.74, 6) is 0.807. The molecule has 0 atom stereocenters. The number of ether oxygens (including phenoxy) is 1. The number of halogens is 1. The highest BCUT2D eigenvalue weighted by Crippen LogP contribution is 2.20. The number of methoxy groups -OCH3 is 1. The van der Waals surface area contributed by atoms with E-state index >= 15 is 0 Å². The van der Waals surface area contributed by atoms with Gasteiger partial charge in [-0.25, -0.2) is 0 Å². The predicted molar refractivity (Wildman–Crippen MR) is 105 cm³/mol. The molecule has 0 saturated carbocycles. The molecule has 0 aliphatic carbocycles. The van der Waals surface area contributed by atoms with Gasteiger partial charge in [-0.15, -0.1) is 0 Å². The van der Waals surface area contributed by atoms with Crippen LogP contribution < -0.4 is 15.2 Å². The molecule has 1 aromatic carbocycles. The Morgan fingerprint density at radius 2 is 1.85 bits per heavy atom. The van der Waals surface area contributed by atoms with Crippen molar-refractivity contribution in [3.8, 4) is 5.75 Å². The van der Waals surface area contributed by atoms with Gasteiger partial charge >= 0.3 is 0 Å². The fraction of sp³-hybridized carbons (Fsp3) is 0.368. The Kier molecular flexibility index (Phi) is 5.98. The van der Waals surface area contributed by atoms with E-state index in [1.807, 2.05) is 29.2 Å². The minimum atomic E-state index is -0.170. The van der Waals surface area contributed by atoms with E-state index in [2.05, 4.69) is 20.8 Å². The molecule has 1 amide bonds. The van der Waals surface area contributed by atoms with Crippen molar-refractivity contribution in [3.63, 3.8) is 0 Å². The van der Waals surface area contributed by atoms with Crippen LogP contribution in [0.3, 0.4) is 0 Å². The lowest BCUT2D eigenvalue weighted by molar-refractivity contribution is -0.131. The Balaban J connectivity index is 1.63. The maximum absolute atomic E-state index is 12.6. The van der Waals surface area contributed by atoms with Crippen LogP contribution in [-0.4, -0.2) is 48.7 Å². The van der Waals surface area contributed by atoms with Crippen LogP contribution in [0.1, 0.15) is 6.42 Å². The number of carbonyl (C=O) groups is 1. The van der Waals surface area contributed by atoms with Gasteiger partial charge in [0, 0.05) is 48.6 Å². The first-order valence-corrected chi connectivity index (χ1v) is 9.39. The monoisotopic (exact) mass is 419 g/mol. The molecule has 1 aliphatic rings. The van der Waals surface area contributed by atoms with Crippen molar-refractivity contribution in [2.75, 3.05) is 38.2 Å². The molecule has 7 heteroatoms. The molecule has 1 saturated heterocycles. The van der Waals surface area contributed by atoms with Crippen molar-refractivity contribution in [1.29, 1.82) is 0 Å². The Morgan fingerprint density at radius 1 is 1.08 bits per heavy atom. The second kappa shape index (κ2) is 8.40. The maximum Gasteiger partial charge on any atom is 0.251 e. The lowest BCUT2D eigenvalue weighted by Crippen LogP contribution is -2.38. The summed E-state index contributed by atoms with van der Waals surface area (Å²) in [6.45, 7) is 3.08. The number of carbonyl (C=O) groups excluding carboxylic acids is 1. The van der Waals surface area contributed by atoms with Crippen molar-refractivity contribution in [1.82, 2.24) is 9.47 Å². The average molecular weight is 420 g/mol. The third-order valence-electron chi connectivity index (χ3n) is 4.54. The zero-order chi connectivity index (χ0) is 18.5. The second-order valence-corrected chi connectivity index (χ2v) is 7.15. The smallest absolute Gasteiger partial charge is 0.251 e. The SMILES string of the molecule is COc1ccc(N2CCCN(C(=O)Cn3cc(Br)ccc3=O)CC2)cc1. The van der Waals surface area contributed by atoms with Crippen LogP contribution in [0.15, 0.2) is 51.9 Å². The number of anilines is 1. The van der Waals surface area contributed by atoms with Crippen LogP contribution in [0.5, 0.6) is 5.75 Å². The highest BCUT2D eigenvalue weighted by molar-refractivity contribution is 9.10. The molecule has 26 heavy (non-hydrogen) atoms. The number of aromatic nitrogens is 1. The van der Waals surface area contributed by atoms with Crippen LogP contribution in [0.4, 0.5) is 5.69 Å². The summed E-state index contributed by atoms with van der Waals surface area (Å²) in [5, 5.41) is 0.